The largest absolute Gasteiger partial charge is 0.325 e. The maximum Gasteiger partial charge on any atom is 0.224 e. The molecule has 0 bridgehead atoms. The van der Waals surface area contributed by atoms with Crippen molar-refractivity contribution in [1.29, 1.82) is 0 Å². The number of hydrogen-bond acceptors (Lipinski definition) is 2. The smallest absolute Gasteiger partial charge is 0.224 e. The molecule has 0 unspecified atom stereocenters. The van der Waals surface area contributed by atoms with Gasteiger partial charge in [0.2, 0.25) is 5.91 Å². The van der Waals surface area contributed by atoms with E-state index in [1.807, 2.05) is 6.92 Å². The number of aromatic nitrogens is 1. The average molecular weight is 281 g/mol. The normalized spacial score (nSPS) is 16.3. The molecule has 0 spiro atoms. The van der Waals surface area contributed by atoms with Gasteiger partial charge in [-0.2, -0.15) is 0 Å². The predicted molar refractivity (Wildman–Crippen MR) is 78.4 cm³/mol. The van der Waals surface area contributed by atoms with E-state index in [0.717, 1.165) is 18.0 Å². The standard InChI is InChI=1S/C15H21ClN2O/c1-11-15(16)13(9-10-17-11)18-14(19)8-7-12-5-3-2-4-6-12/h9-10,12H,2-8H2,1H3,(H,17,18,19). The van der Waals surface area contributed by atoms with Gasteiger partial charge in [-0.3, -0.25) is 9.78 Å². The Morgan fingerprint density at radius 3 is 2.89 bits per heavy atom. The molecule has 0 atom stereocenters. The van der Waals surface area contributed by atoms with Crippen LogP contribution in [0.3, 0.4) is 0 Å². The number of hydrogen-bond donors (Lipinski definition) is 1. The van der Waals surface area contributed by atoms with E-state index in [4.69, 9.17) is 11.6 Å². The van der Waals surface area contributed by atoms with Crippen LogP contribution >= 0.6 is 11.6 Å². The Labute approximate surface area is 119 Å². The predicted octanol–water partition coefficient (Wildman–Crippen LogP) is 4.34. The zero-order valence-corrected chi connectivity index (χ0v) is 12.2. The van der Waals surface area contributed by atoms with Crippen molar-refractivity contribution in [2.75, 3.05) is 5.32 Å². The molecule has 1 aliphatic rings. The van der Waals surface area contributed by atoms with E-state index in [-0.39, 0.29) is 5.91 Å². The molecular formula is C15H21ClN2O. The summed E-state index contributed by atoms with van der Waals surface area (Å²) in [5.74, 6) is 0.784. The van der Waals surface area contributed by atoms with Gasteiger partial charge in [0.05, 0.1) is 16.4 Å². The van der Waals surface area contributed by atoms with Crippen LogP contribution in [0.5, 0.6) is 0 Å². The van der Waals surface area contributed by atoms with Crippen LogP contribution in [0.2, 0.25) is 5.02 Å². The second-order valence-electron chi connectivity index (χ2n) is 5.35. The lowest BCUT2D eigenvalue weighted by Crippen LogP contribution is -2.15. The van der Waals surface area contributed by atoms with Gasteiger partial charge in [-0.25, -0.2) is 0 Å². The monoisotopic (exact) mass is 280 g/mol. The van der Waals surface area contributed by atoms with Crippen LogP contribution < -0.4 is 5.32 Å². The van der Waals surface area contributed by atoms with E-state index in [1.54, 1.807) is 12.3 Å². The maximum absolute atomic E-state index is 11.9. The molecule has 1 heterocycles. The fraction of sp³-hybridized carbons (Fsp3) is 0.600. The third-order valence-electron chi connectivity index (χ3n) is 3.84. The second-order valence-corrected chi connectivity index (χ2v) is 5.73. The third-order valence-corrected chi connectivity index (χ3v) is 4.32. The van der Waals surface area contributed by atoms with Gasteiger partial charge in [0, 0.05) is 12.6 Å². The molecule has 0 aromatic carbocycles. The summed E-state index contributed by atoms with van der Waals surface area (Å²) in [7, 11) is 0. The maximum atomic E-state index is 11.9. The lowest BCUT2D eigenvalue weighted by Gasteiger charge is -2.21. The van der Waals surface area contributed by atoms with Crippen LogP contribution in [0.25, 0.3) is 0 Å². The first-order chi connectivity index (χ1) is 9.16. The number of carbonyl (C=O) groups is 1. The molecule has 104 valence electrons. The molecule has 1 N–H and O–H groups in total. The summed E-state index contributed by atoms with van der Waals surface area (Å²) in [6.45, 7) is 1.83. The van der Waals surface area contributed by atoms with Crippen molar-refractivity contribution in [3.63, 3.8) is 0 Å². The molecule has 1 aliphatic carbocycles. The van der Waals surface area contributed by atoms with Gasteiger partial charge in [0.1, 0.15) is 0 Å². The van der Waals surface area contributed by atoms with E-state index in [2.05, 4.69) is 10.3 Å². The number of pyridine rings is 1. The molecule has 0 radical (unpaired) electrons. The molecule has 0 aliphatic heterocycles. The van der Waals surface area contributed by atoms with Gasteiger partial charge in [-0.1, -0.05) is 43.7 Å². The minimum atomic E-state index is 0.0538. The van der Waals surface area contributed by atoms with Gasteiger partial charge in [0.15, 0.2) is 0 Å². The zero-order valence-electron chi connectivity index (χ0n) is 11.4. The molecule has 0 saturated heterocycles. The first-order valence-corrected chi connectivity index (χ1v) is 7.45. The number of halogens is 1. The number of anilines is 1. The van der Waals surface area contributed by atoms with Gasteiger partial charge in [-0.15, -0.1) is 0 Å². The highest BCUT2D eigenvalue weighted by Crippen LogP contribution is 2.28. The molecule has 2 rings (SSSR count). The summed E-state index contributed by atoms with van der Waals surface area (Å²) < 4.78 is 0. The number of nitrogens with zero attached hydrogens (tertiary/aromatic N) is 1. The van der Waals surface area contributed by atoms with Crippen molar-refractivity contribution in [1.82, 2.24) is 4.98 Å². The molecule has 1 aromatic heterocycles. The third kappa shape index (κ3) is 4.20. The molecule has 19 heavy (non-hydrogen) atoms. The highest BCUT2D eigenvalue weighted by atomic mass is 35.5. The highest BCUT2D eigenvalue weighted by molar-refractivity contribution is 6.34. The molecule has 1 fully saturated rings. The van der Waals surface area contributed by atoms with Crippen molar-refractivity contribution in [2.24, 2.45) is 5.92 Å². The Morgan fingerprint density at radius 1 is 1.42 bits per heavy atom. The quantitative estimate of drug-likeness (QED) is 0.891. The molecular weight excluding hydrogens is 260 g/mol. The first kappa shape index (κ1) is 14.3. The van der Waals surface area contributed by atoms with Crippen molar-refractivity contribution >= 4 is 23.2 Å². The van der Waals surface area contributed by atoms with Crippen LogP contribution in [0.4, 0.5) is 5.69 Å². The lowest BCUT2D eigenvalue weighted by atomic mass is 9.86. The SMILES string of the molecule is Cc1nccc(NC(=O)CCC2CCCCC2)c1Cl. The van der Waals surface area contributed by atoms with E-state index < -0.39 is 0 Å². The first-order valence-electron chi connectivity index (χ1n) is 7.08. The summed E-state index contributed by atoms with van der Waals surface area (Å²) in [6.07, 6.45) is 9.80. The van der Waals surface area contributed by atoms with Crippen molar-refractivity contribution in [3.8, 4) is 0 Å². The molecule has 4 heteroatoms. The van der Waals surface area contributed by atoms with Crippen molar-refractivity contribution < 1.29 is 4.79 Å². The van der Waals surface area contributed by atoms with Crippen LogP contribution in [0.15, 0.2) is 12.3 Å². The van der Waals surface area contributed by atoms with Crippen LogP contribution in [0.1, 0.15) is 50.6 Å². The average Bonchev–Trinajstić information content (AvgIpc) is 2.43. The molecule has 3 nitrogen and oxygen atoms in total. The number of nitrogens with one attached hydrogen (secondary N) is 1. The minimum absolute atomic E-state index is 0.0538. The lowest BCUT2D eigenvalue weighted by molar-refractivity contribution is -0.116. The molecule has 1 amide bonds. The zero-order chi connectivity index (χ0) is 13.7. The van der Waals surface area contributed by atoms with Gasteiger partial charge in [-0.05, 0) is 25.3 Å². The van der Waals surface area contributed by atoms with E-state index in [9.17, 15) is 4.79 Å². The number of aryl methyl sites for hydroxylation is 1. The number of amides is 1. The molecule has 1 aromatic rings. The number of rotatable bonds is 4. The van der Waals surface area contributed by atoms with E-state index in [1.165, 1.54) is 32.1 Å². The van der Waals surface area contributed by atoms with Crippen molar-refractivity contribution in [2.45, 2.75) is 51.9 Å². The van der Waals surface area contributed by atoms with Crippen LogP contribution in [-0.2, 0) is 4.79 Å². The summed E-state index contributed by atoms with van der Waals surface area (Å²) in [5.41, 5.74) is 1.41. The Kier molecular flexibility index (Phi) is 5.20. The van der Waals surface area contributed by atoms with Gasteiger partial charge in [0.25, 0.3) is 0 Å². The summed E-state index contributed by atoms with van der Waals surface area (Å²) in [6, 6.07) is 1.74. The van der Waals surface area contributed by atoms with Gasteiger partial charge < -0.3 is 5.32 Å². The fourth-order valence-corrected chi connectivity index (χ4v) is 2.83. The Balaban J connectivity index is 1.82. The van der Waals surface area contributed by atoms with E-state index in [0.29, 0.717) is 17.1 Å². The van der Waals surface area contributed by atoms with Gasteiger partial charge >= 0.3 is 0 Å². The molecule has 1 saturated carbocycles. The second kappa shape index (κ2) is 6.90. The Hall–Kier alpha value is -1.09. The highest BCUT2D eigenvalue weighted by Gasteiger charge is 2.15. The Bertz CT molecular complexity index is 442. The van der Waals surface area contributed by atoms with Crippen LogP contribution in [0, 0.1) is 12.8 Å². The Morgan fingerprint density at radius 2 is 2.16 bits per heavy atom. The minimum Gasteiger partial charge on any atom is -0.325 e. The van der Waals surface area contributed by atoms with Crippen molar-refractivity contribution in [3.05, 3.63) is 23.0 Å². The fourth-order valence-electron chi connectivity index (χ4n) is 2.67. The van der Waals surface area contributed by atoms with E-state index >= 15 is 0 Å². The number of carbonyl (C=O) groups excluding carboxylic acids is 1. The summed E-state index contributed by atoms with van der Waals surface area (Å²) in [4.78, 5) is 16.0. The van der Waals surface area contributed by atoms with Crippen LogP contribution in [-0.4, -0.2) is 10.9 Å². The topological polar surface area (TPSA) is 42.0 Å². The summed E-state index contributed by atoms with van der Waals surface area (Å²) >= 11 is 6.11. The summed E-state index contributed by atoms with van der Waals surface area (Å²) in [5, 5.41) is 3.42.